The lowest BCUT2D eigenvalue weighted by molar-refractivity contribution is -0.130. The molecule has 0 fully saturated rings. The number of nitrogens with zero attached hydrogens (tertiary/aromatic N) is 3. The lowest BCUT2D eigenvalue weighted by Gasteiger charge is -2.04. The van der Waals surface area contributed by atoms with Crippen molar-refractivity contribution in [3.8, 4) is 6.01 Å². The van der Waals surface area contributed by atoms with Crippen molar-refractivity contribution in [1.82, 2.24) is 15.0 Å². The van der Waals surface area contributed by atoms with Crippen molar-refractivity contribution in [2.24, 2.45) is 5.73 Å². The van der Waals surface area contributed by atoms with Crippen LogP contribution in [0.1, 0.15) is 12.7 Å². The molecule has 1 aromatic heterocycles. The molecule has 86 valence electrons. The third-order valence-electron chi connectivity index (χ3n) is 1.58. The van der Waals surface area contributed by atoms with Gasteiger partial charge < -0.3 is 16.2 Å². The fourth-order valence-corrected chi connectivity index (χ4v) is 0.872. The van der Waals surface area contributed by atoms with Crippen LogP contribution in [0.25, 0.3) is 0 Å². The average Bonchev–Trinajstić information content (AvgIpc) is 2.16. The molecule has 4 N–H and O–H groups in total. The zero-order chi connectivity index (χ0) is 12.1. The lowest BCUT2D eigenvalue weighted by atomic mass is 10.4. The smallest absolute Gasteiger partial charge is 0.340 e. The molecular formula is C9H13N5O2. The average molecular weight is 223 g/mol. The van der Waals surface area contributed by atoms with E-state index in [0.717, 1.165) is 0 Å². The van der Waals surface area contributed by atoms with E-state index in [1.54, 1.807) is 0 Å². The first-order chi connectivity index (χ1) is 7.52. The number of carbonyl (C=O) groups excluding carboxylic acids is 1. The van der Waals surface area contributed by atoms with E-state index in [1.165, 1.54) is 6.92 Å². The third-order valence-corrected chi connectivity index (χ3v) is 1.58. The number of carbonyl (C=O) groups is 1. The second-order valence-corrected chi connectivity index (χ2v) is 3.10. The summed E-state index contributed by atoms with van der Waals surface area (Å²) >= 11 is 0. The molecule has 0 aliphatic heterocycles. The van der Waals surface area contributed by atoms with Gasteiger partial charge in [0, 0.05) is 12.0 Å². The summed E-state index contributed by atoms with van der Waals surface area (Å²) in [7, 11) is 0. The summed E-state index contributed by atoms with van der Waals surface area (Å²) in [5.41, 5.74) is 11.0. The Bertz CT molecular complexity index is 418. The Hall–Kier alpha value is -2.02. The lowest BCUT2D eigenvalue weighted by Crippen LogP contribution is -2.14. The SMILES string of the molecule is C=C(C)C(=O)Oc1nc(N)nc(CCN)n1. The van der Waals surface area contributed by atoms with Crippen LogP contribution in [0.15, 0.2) is 12.2 Å². The van der Waals surface area contributed by atoms with Gasteiger partial charge in [-0.1, -0.05) is 6.58 Å². The predicted molar refractivity (Wildman–Crippen MR) is 57.4 cm³/mol. The Labute approximate surface area is 92.5 Å². The summed E-state index contributed by atoms with van der Waals surface area (Å²) in [6.45, 7) is 5.33. The summed E-state index contributed by atoms with van der Waals surface area (Å²) in [5.74, 6) is -0.230. The van der Waals surface area contributed by atoms with Gasteiger partial charge in [-0.3, -0.25) is 0 Å². The van der Waals surface area contributed by atoms with Gasteiger partial charge in [-0.2, -0.15) is 15.0 Å². The van der Waals surface area contributed by atoms with Gasteiger partial charge in [-0.25, -0.2) is 4.79 Å². The van der Waals surface area contributed by atoms with Crippen molar-refractivity contribution in [3.63, 3.8) is 0 Å². The number of hydrogen-bond acceptors (Lipinski definition) is 7. The molecule has 0 amide bonds. The number of anilines is 1. The van der Waals surface area contributed by atoms with Crippen LogP contribution in [0, 0.1) is 0 Å². The third kappa shape index (κ3) is 3.28. The Kier molecular flexibility index (Phi) is 3.90. The van der Waals surface area contributed by atoms with Gasteiger partial charge in [0.1, 0.15) is 5.82 Å². The van der Waals surface area contributed by atoms with E-state index in [4.69, 9.17) is 16.2 Å². The zero-order valence-corrected chi connectivity index (χ0v) is 8.93. The maximum atomic E-state index is 11.2. The van der Waals surface area contributed by atoms with Crippen LogP contribution in [-0.2, 0) is 11.2 Å². The van der Waals surface area contributed by atoms with Gasteiger partial charge in [0.25, 0.3) is 0 Å². The monoisotopic (exact) mass is 223 g/mol. The first-order valence-electron chi connectivity index (χ1n) is 4.61. The molecule has 0 atom stereocenters. The normalized spacial score (nSPS) is 9.88. The highest BCUT2D eigenvalue weighted by Gasteiger charge is 2.10. The minimum atomic E-state index is -0.607. The van der Waals surface area contributed by atoms with Crippen LogP contribution < -0.4 is 16.2 Å². The van der Waals surface area contributed by atoms with Crippen LogP contribution in [0.5, 0.6) is 6.01 Å². The number of hydrogen-bond donors (Lipinski definition) is 2. The first kappa shape index (κ1) is 12.1. The highest BCUT2D eigenvalue weighted by atomic mass is 16.5. The summed E-state index contributed by atoms with van der Waals surface area (Å²) < 4.78 is 4.82. The highest BCUT2D eigenvalue weighted by molar-refractivity contribution is 5.88. The van der Waals surface area contributed by atoms with Crippen molar-refractivity contribution in [2.45, 2.75) is 13.3 Å². The van der Waals surface area contributed by atoms with Crippen molar-refractivity contribution in [3.05, 3.63) is 18.0 Å². The van der Waals surface area contributed by atoms with Crippen molar-refractivity contribution in [2.75, 3.05) is 12.3 Å². The van der Waals surface area contributed by atoms with Gasteiger partial charge in [-0.05, 0) is 13.5 Å². The molecule has 0 aromatic carbocycles. The number of aromatic nitrogens is 3. The van der Waals surface area contributed by atoms with Crippen LogP contribution >= 0.6 is 0 Å². The first-order valence-corrected chi connectivity index (χ1v) is 4.61. The van der Waals surface area contributed by atoms with Crippen LogP contribution in [0.3, 0.4) is 0 Å². The van der Waals surface area contributed by atoms with Gasteiger partial charge >= 0.3 is 12.0 Å². The maximum Gasteiger partial charge on any atom is 0.340 e. The molecule has 0 saturated carbocycles. The quantitative estimate of drug-likeness (QED) is 0.518. The molecule has 0 radical (unpaired) electrons. The maximum absolute atomic E-state index is 11.2. The Morgan fingerprint density at radius 1 is 1.44 bits per heavy atom. The molecule has 7 nitrogen and oxygen atoms in total. The van der Waals surface area contributed by atoms with E-state index in [2.05, 4.69) is 21.5 Å². The standard InChI is InChI=1S/C9H13N5O2/c1-5(2)7(15)16-9-13-6(3-4-10)12-8(11)14-9/h1,3-4,10H2,2H3,(H2,11,12,13,14). The molecule has 1 rings (SSSR count). The van der Waals surface area contributed by atoms with Crippen LogP contribution in [-0.4, -0.2) is 27.5 Å². The predicted octanol–water partition coefficient (Wildman–Crippen LogP) is -0.563. The van der Waals surface area contributed by atoms with Gasteiger partial charge in [0.05, 0.1) is 0 Å². The zero-order valence-electron chi connectivity index (χ0n) is 8.93. The molecule has 0 saturated heterocycles. The number of esters is 1. The van der Waals surface area contributed by atoms with Gasteiger partial charge in [0.2, 0.25) is 5.95 Å². The summed E-state index contributed by atoms with van der Waals surface area (Å²) in [6.07, 6.45) is 0.435. The van der Waals surface area contributed by atoms with E-state index < -0.39 is 5.97 Å². The second-order valence-electron chi connectivity index (χ2n) is 3.10. The molecule has 16 heavy (non-hydrogen) atoms. The summed E-state index contributed by atoms with van der Waals surface area (Å²) in [4.78, 5) is 22.6. The van der Waals surface area contributed by atoms with E-state index in [9.17, 15) is 4.79 Å². The molecular weight excluding hydrogens is 210 g/mol. The van der Waals surface area contributed by atoms with E-state index in [-0.39, 0.29) is 17.5 Å². The topological polar surface area (TPSA) is 117 Å². The largest absolute Gasteiger partial charge is 0.387 e. The summed E-state index contributed by atoms with van der Waals surface area (Å²) in [6, 6.07) is -0.135. The molecule has 0 spiro atoms. The number of nitrogen functional groups attached to an aromatic ring is 1. The highest BCUT2D eigenvalue weighted by Crippen LogP contribution is 2.07. The fourth-order valence-electron chi connectivity index (χ4n) is 0.872. The summed E-state index contributed by atoms with van der Waals surface area (Å²) in [5, 5.41) is 0. The van der Waals surface area contributed by atoms with E-state index in [1.807, 2.05) is 0 Å². The minimum Gasteiger partial charge on any atom is -0.387 e. The number of rotatable bonds is 4. The van der Waals surface area contributed by atoms with Gasteiger partial charge in [0.15, 0.2) is 0 Å². The molecule has 1 aromatic rings. The van der Waals surface area contributed by atoms with Crippen molar-refractivity contribution >= 4 is 11.9 Å². The Morgan fingerprint density at radius 2 is 2.12 bits per heavy atom. The number of nitrogens with two attached hydrogens (primary N) is 2. The van der Waals surface area contributed by atoms with Crippen LogP contribution in [0.2, 0.25) is 0 Å². The van der Waals surface area contributed by atoms with E-state index in [0.29, 0.717) is 18.8 Å². The van der Waals surface area contributed by atoms with Crippen molar-refractivity contribution in [1.29, 1.82) is 0 Å². The molecule has 0 bridgehead atoms. The molecule has 0 unspecified atom stereocenters. The second kappa shape index (κ2) is 5.17. The Balaban J connectivity index is 2.87. The van der Waals surface area contributed by atoms with Crippen LogP contribution in [0.4, 0.5) is 5.95 Å². The number of ether oxygens (including phenoxy) is 1. The molecule has 1 heterocycles. The van der Waals surface area contributed by atoms with E-state index >= 15 is 0 Å². The molecule has 7 heteroatoms. The minimum absolute atomic E-state index is 0.0111. The Morgan fingerprint density at radius 3 is 2.69 bits per heavy atom. The van der Waals surface area contributed by atoms with Crippen molar-refractivity contribution < 1.29 is 9.53 Å². The van der Waals surface area contributed by atoms with Gasteiger partial charge in [-0.15, -0.1) is 0 Å². The fraction of sp³-hybridized carbons (Fsp3) is 0.333. The molecule has 0 aliphatic carbocycles. The molecule has 0 aliphatic rings.